The number of carbonyl (C=O) groups is 3. The van der Waals surface area contributed by atoms with Crippen LogP contribution in [0, 0.1) is 0 Å². The fourth-order valence-electron chi connectivity index (χ4n) is 1.68. The average molecular weight is 315 g/mol. The smallest absolute Gasteiger partial charge is 0.246 e. The summed E-state index contributed by atoms with van der Waals surface area (Å²) in [4.78, 5) is 35.9. The maximum Gasteiger partial charge on any atom is 0.246 e. The molecule has 0 saturated carbocycles. The number of rotatable bonds is 5. The van der Waals surface area contributed by atoms with Gasteiger partial charge in [-0.3, -0.25) is 19.7 Å². The maximum absolute atomic E-state index is 11.6. The summed E-state index contributed by atoms with van der Waals surface area (Å²) in [5, 5.41) is 9.93. The Kier molecular flexibility index (Phi) is 4.90. The van der Waals surface area contributed by atoms with Crippen molar-refractivity contribution in [1.82, 2.24) is 20.4 Å². The Morgan fingerprint density at radius 1 is 1.40 bits per heavy atom. The molecule has 2 heterocycles. The Morgan fingerprint density at radius 2 is 2.20 bits per heavy atom. The summed E-state index contributed by atoms with van der Waals surface area (Å²) in [6, 6.07) is 0. The summed E-state index contributed by atoms with van der Waals surface area (Å²) in [6.07, 6.45) is 1.23. The molecule has 1 fully saturated rings. The second-order valence-electron chi connectivity index (χ2n) is 4.09. The molecule has 1 aliphatic heterocycles. The molecule has 0 aliphatic carbocycles. The van der Waals surface area contributed by atoms with Crippen molar-refractivity contribution in [2.75, 3.05) is 24.6 Å². The van der Waals surface area contributed by atoms with Crippen molar-refractivity contribution in [2.24, 2.45) is 0 Å². The van der Waals surface area contributed by atoms with Crippen LogP contribution >= 0.6 is 23.1 Å². The van der Waals surface area contributed by atoms with E-state index >= 15 is 0 Å². The number of carbonyl (C=O) groups excluding carboxylic acids is 3. The Morgan fingerprint density at radius 3 is 2.80 bits per heavy atom. The average Bonchev–Trinajstić information content (AvgIpc) is 2.97. The maximum atomic E-state index is 11.6. The molecule has 10 heteroatoms. The van der Waals surface area contributed by atoms with Gasteiger partial charge in [-0.1, -0.05) is 23.1 Å². The van der Waals surface area contributed by atoms with E-state index < -0.39 is 11.8 Å². The Balaban J connectivity index is 1.71. The predicted molar refractivity (Wildman–Crippen MR) is 74.0 cm³/mol. The molecular weight excluding hydrogens is 302 g/mol. The summed E-state index contributed by atoms with van der Waals surface area (Å²) in [5.41, 5.74) is 5.41. The molecule has 0 unspecified atom stereocenters. The normalized spacial score (nSPS) is 14.6. The van der Waals surface area contributed by atoms with E-state index in [2.05, 4.69) is 15.5 Å². The van der Waals surface area contributed by atoms with E-state index in [1.807, 2.05) is 0 Å². The first-order valence-corrected chi connectivity index (χ1v) is 7.67. The highest BCUT2D eigenvalue weighted by molar-refractivity contribution is 8.01. The summed E-state index contributed by atoms with van der Waals surface area (Å²) >= 11 is 2.33. The van der Waals surface area contributed by atoms with E-state index in [0.29, 0.717) is 22.4 Å². The molecule has 20 heavy (non-hydrogen) atoms. The second-order valence-corrected chi connectivity index (χ2v) is 6.32. The molecule has 0 spiro atoms. The molecule has 0 aromatic carbocycles. The van der Waals surface area contributed by atoms with Crippen LogP contribution < -0.4 is 11.1 Å². The van der Waals surface area contributed by atoms with Gasteiger partial charge in [-0.05, 0) is 6.42 Å². The number of thioether (sulfide) groups is 1. The fourth-order valence-corrected chi connectivity index (χ4v) is 3.12. The van der Waals surface area contributed by atoms with Crippen LogP contribution in [0.15, 0.2) is 4.34 Å². The first-order chi connectivity index (χ1) is 9.54. The van der Waals surface area contributed by atoms with E-state index in [4.69, 9.17) is 5.73 Å². The molecule has 2 rings (SSSR count). The Hall–Kier alpha value is -1.68. The van der Waals surface area contributed by atoms with E-state index in [0.717, 1.165) is 18.2 Å². The SMILES string of the molecule is Nc1nnc(SCC(=O)NC(=O)CN2CCCC2=O)s1. The molecule has 0 radical (unpaired) electrons. The number of nitrogen functional groups attached to an aromatic ring is 1. The molecule has 1 aromatic heterocycles. The number of hydrogen-bond acceptors (Lipinski definition) is 8. The van der Waals surface area contributed by atoms with E-state index in [9.17, 15) is 14.4 Å². The number of anilines is 1. The van der Waals surface area contributed by atoms with Crippen LogP contribution in [0.5, 0.6) is 0 Å². The molecular formula is C10H13N5O3S2. The summed E-state index contributed by atoms with van der Waals surface area (Å²) < 4.78 is 0.569. The van der Waals surface area contributed by atoms with Gasteiger partial charge < -0.3 is 10.6 Å². The largest absolute Gasteiger partial charge is 0.374 e. The van der Waals surface area contributed by atoms with Gasteiger partial charge in [0.25, 0.3) is 0 Å². The Labute approximate surface area is 123 Å². The van der Waals surface area contributed by atoms with Crippen LogP contribution in [0.25, 0.3) is 0 Å². The first-order valence-electron chi connectivity index (χ1n) is 5.87. The molecule has 8 nitrogen and oxygen atoms in total. The number of hydrogen-bond donors (Lipinski definition) is 2. The topological polar surface area (TPSA) is 118 Å². The van der Waals surface area contributed by atoms with Crippen molar-refractivity contribution in [3.63, 3.8) is 0 Å². The van der Waals surface area contributed by atoms with Crippen molar-refractivity contribution in [3.8, 4) is 0 Å². The quantitative estimate of drug-likeness (QED) is 0.702. The number of nitrogens with two attached hydrogens (primary N) is 1. The number of likely N-dealkylation sites (tertiary alicyclic amines) is 1. The van der Waals surface area contributed by atoms with Crippen LogP contribution in [0.2, 0.25) is 0 Å². The molecule has 3 N–H and O–H groups in total. The third-order valence-electron chi connectivity index (χ3n) is 2.53. The predicted octanol–water partition coefficient (Wildman–Crippen LogP) is -0.522. The number of nitrogens with zero attached hydrogens (tertiary/aromatic N) is 3. The van der Waals surface area contributed by atoms with Crippen molar-refractivity contribution in [3.05, 3.63) is 0 Å². The molecule has 3 amide bonds. The highest BCUT2D eigenvalue weighted by Gasteiger charge is 2.23. The lowest BCUT2D eigenvalue weighted by molar-refractivity contribution is -0.135. The van der Waals surface area contributed by atoms with Crippen LogP contribution in [-0.2, 0) is 14.4 Å². The third-order valence-corrected chi connectivity index (χ3v) is 4.42. The van der Waals surface area contributed by atoms with Gasteiger partial charge in [-0.25, -0.2) is 0 Å². The summed E-state index contributed by atoms with van der Waals surface area (Å²) in [5.74, 6) is -0.900. The zero-order valence-corrected chi connectivity index (χ0v) is 12.1. The third kappa shape index (κ3) is 4.17. The minimum Gasteiger partial charge on any atom is -0.374 e. The van der Waals surface area contributed by atoms with Gasteiger partial charge in [0, 0.05) is 13.0 Å². The molecule has 1 saturated heterocycles. The van der Waals surface area contributed by atoms with Crippen molar-refractivity contribution in [2.45, 2.75) is 17.2 Å². The van der Waals surface area contributed by atoms with Crippen LogP contribution in [0.1, 0.15) is 12.8 Å². The molecule has 1 aliphatic rings. The highest BCUT2D eigenvalue weighted by Crippen LogP contribution is 2.22. The molecule has 108 valence electrons. The number of amides is 3. The van der Waals surface area contributed by atoms with Crippen LogP contribution in [-0.4, -0.2) is 51.7 Å². The van der Waals surface area contributed by atoms with E-state index in [1.54, 1.807) is 0 Å². The van der Waals surface area contributed by atoms with Crippen molar-refractivity contribution in [1.29, 1.82) is 0 Å². The molecule has 1 aromatic rings. The second kappa shape index (κ2) is 6.66. The lowest BCUT2D eigenvalue weighted by atomic mass is 10.4. The zero-order chi connectivity index (χ0) is 14.5. The Bertz CT molecular complexity index is 533. The van der Waals surface area contributed by atoms with E-state index in [-0.39, 0.29) is 18.2 Å². The van der Waals surface area contributed by atoms with Gasteiger partial charge in [0.1, 0.15) is 0 Å². The number of aromatic nitrogens is 2. The summed E-state index contributed by atoms with van der Waals surface area (Å²) in [7, 11) is 0. The van der Waals surface area contributed by atoms with E-state index in [1.165, 1.54) is 16.2 Å². The van der Waals surface area contributed by atoms with Gasteiger partial charge in [0.2, 0.25) is 22.9 Å². The molecule has 0 bridgehead atoms. The lowest BCUT2D eigenvalue weighted by Gasteiger charge is -2.14. The van der Waals surface area contributed by atoms with Crippen molar-refractivity contribution >= 4 is 46.0 Å². The standard InChI is InChI=1S/C10H13N5O3S2/c11-9-13-14-10(20-9)19-5-7(17)12-6(16)4-15-3-1-2-8(15)18/h1-5H2,(H2,11,13)(H,12,16,17). The van der Waals surface area contributed by atoms with Crippen LogP contribution in [0.4, 0.5) is 5.13 Å². The summed E-state index contributed by atoms with van der Waals surface area (Å²) in [6.45, 7) is 0.500. The first kappa shape index (κ1) is 14.7. The number of nitrogens with one attached hydrogen (secondary N) is 1. The van der Waals surface area contributed by atoms with Gasteiger partial charge in [-0.2, -0.15) is 0 Å². The number of imide groups is 1. The minimum atomic E-state index is -0.470. The van der Waals surface area contributed by atoms with Gasteiger partial charge >= 0.3 is 0 Å². The lowest BCUT2D eigenvalue weighted by Crippen LogP contribution is -2.41. The highest BCUT2D eigenvalue weighted by atomic mass is 32.2. The minimum absolute atomic E-state index is 0.0497. The fraction of sp³-hybridized carbons (Fsp3) is 0.500. The van der Waals surface area contributed by atoms with Gasteiger partial charge in [0.15, 0.2) is 4.34 Å². The van der Waals surface area contributed by atoms with Gasteiger partial charge in [-0.15, -0.1) is 10.2 Å². The monoisotopic (exact) mass is 315 g/mol. The van der Waals surface area contributed by atoms with Crippen LogP contribution in [0.3, 0.4) is 0 Å². The zero-order valence-electron chi connectivity index (χ0n) is 10.5. The molecule has 0 atom stereocenters. The van der Waals surface area contributed by atoms with Gasteiger partial charge in [0.05, 0.1) is 12.3 Å². The van der Waals surface area contributed by atoms with Crippen molar-refractivity contribution < 1.29 is 14.4 Å².